The van der Waals surface area contributed by atoms with Gasteiger partial charge in [-0.1, -0.05) is 11.6 Å². The number of hydrogen-bond acceptors (Lipinski definition) is 5. The van der Waals surface area contributed by atoms with Gasteiger partial charge in [-0.05, 0) is 44.5 Å². The van der Waals surface area contributed by atoms with E-state index < -0.39 is 0 Å². The molecule has 0 bridgehead atoms. The number of carbonyl (C=O) groups excluding carboxylic acids is 2. The maximum absolute atomic E-state index is 12.3. The van der Waals surface area contributed by atoms with Crippen LogP contribution in [0.1, 0.15) is 45.4 Å². The van der Waals surface area contributed by atoms with Crippen molar-refractivity contribution in [1.82, 2.24) is 5.32 Å². The molecule has 1 amide bonds. The molecule has 2 aromatic rings. The predicted octanol–water partition coefficient (Wildman–Crippen LogP) is 4.70. The van der Waals surface area contributed by atoms with Crippen LogP contribution in [0.4, 0.5) is 0 Å². The summed E-state index contributed by atoms with van der Waals surface area (Å²) in [6.07, 6.45) is 0.339. The van der Waals surface area contributed by atoms with Gasteiger partial charge < -0.3 is 14.8 Å². The van der Waals surface area contributed by atoms with Crippen LogP contribution in [-0.2, 0) is 11.3 Å². The van der Waals surface area contributed by atoms with Gasteiger partial charge in [-0.25, -0.2) is 0 Å². The Morgan fingerprint density at radius 1 is 1.19 bits per heavy atom. The molecule has 0 aliphatic rings. The number of ketones is 1. The van der Waals surface area contributed by atoms with Crippen molar-refractivity contribution in [3.63, 3.8) is 0 Å². The highest BCUT2D eigenvalue weighted by molar-refractivity contribution is 7.12. The first-order valence-electron chi connectivity index (χ1n) is 8.71. The van der Waals surface area contributed by atoms with Crippen LogP contribution in [0.2, 0.25) is 5.02 Å². The van der Waals surface area contributed by atoms with Crippen LogP contribution in [0.5, 0.6) is 11.5 Å². The Morgan fingerprint density at radius 2 is 1.93 bits per heavy atom. The Kier molecular flexibility index (Phi) is 7.68. The fourth-order valence-electron chi connectivity index (χ4n) is 2.72. The number of rotatable bonds is 9. The van der Waals surface area contributed by atoms with Crippen molar-refractivity contribution in [2.24, 2.45) is 0 Å². The summed E-state index contributed by atoms with van der Waals surface area (Å²) in [5.41, 5.74) is 1.51. The summed E-state index contributed by atoms with van der Waals surface area (Å²) in [4.78, 5) is 26.5. The molecule has 1 N–H and O–H groups in total. The molecular formula is C20H24ClNO4S. The molecule has 0 aliphatic heterocycles. The number of hydrogen-bond donors (Lipinski definition) is 1. The quantitative estimate of drug-likeness (QED) is 0.609. The van der Waals surface area contributed by atoms with E-state index in [0.717, 1.165) is 15.3 Å². The van der Waals surface area contributed by atoms with Gasteiger partial charge in [0.15, 0.2) is 17.3 Å². The van der Waals surface area contributed by atoms with E-state index in [1.54, 1.807) is 23.5 Å². The van der Waals surface area contributed by atoms with E-state index in [1.165, 1.54) is 7.11 Å². The zero-order valence-electron chi connectivity index (χ0n) is 16.0. The lowest BCUT2D eigenvalue weighted by atomic mass is 10.1. The topological polar surface area (TPSA) is 64.6 Å². The van der Waals surface area contributed by atoms with Crippen LogP contribution >= 0.6 is 22.9 Å². The zero-order valence-corrected chi connectivity index (χ0v) is 17.6. The van der Waals surface area contributed by atoms with E-state index in [2.05, 4.69) is 5.32 Å². The van der Waals surface area contributed by atoms with E-state index in [0.29, 0.717) is 35.2 Å². The molecule has 27 heavy (non-hydrogen) atoms. The number of halogens is 1. The molecule has 0 aliphatic carbocycles. The Labute approximate surface area is 168 Å². The average Bonchev–Trinajstić information content (AvgIpc) is 2.98. The zero-order chi connectivity index (χ0) is 20.0. The molecule has 5 nitrogen and oxygen atoms in total. The van der Waals surface area contributed by atoms with Gasteiger partial charge in [0, 0.05) is 34.7 Å². The van der Waals surface area contributed by atoms with Gasteiger partial charge in [-0.2, -0.15) is 0 Å². The lowest BCUT2D eigenvalue weighted by Crippen LogP contribution is -2.23. The third-order valence-corrected chi connectivity index (χ3v) is 5.23. The molecule has 0 saturated heterocycles. The van der Waals surface area contributed by atoms with Crippen LogP contribution < -0.4 is 14.8 Å². The van der Waals surface area contributed by atoms with E-state index >= 15 is 0 Å². The number of amides is 1. The summed E-state index contributed by atoms with van der Waals surface area (Å²) in [5.74, 6) is 0.825. The number of ether oxygens (including phenoxy) is 2. The van der Waals surface area contributed by atoms with Crippen LogP contribution in [-0.4, -0.2) is 25.4 Å². The Morgan fingerprint density at radius 3 is 2.52 bits per heavy atom. The first-order chi connectivity index (χ1) is 12.8. The number of carbonyl (C=O) groups is 2. The monoisotopic (exact) mass is 409 g/mol. The number of benzene rings is 1. The van der Waals surface area contributed by atoms with Gasteiger partial charge in [0.25, 0.3) is 0 Å². The molecule has 0 atom stereocenters. The first kappa shape index (κ1) is 21.3. The molecule has 0 radical (unpaired) electrons. The predicted molar refractivity (Wildman–Crippen MR) is 108 cm³/mol. The highest BCUT2D eigenvalue weighted by Crippen LogP contribution is 2.36. The second-order valence-electron chi connectivity index (χ2n) is 6.07. The third-order valence-electron chi connectivity index (χ3n) is 3.99. The minimum atomic E-state index is -0.183. The SMILES string of the molecule is CCOc1c(Cl)cc(CNC(=O)CCC(=O)c2cc(C)sc2C)cc1OC. The Bertz CT molecular complexity index is 832. The molecule has 0 unspecified atom stereocenters. The molecular weight excluding hydrogens is 386 g/mol. The Balaban J connectivity index is 1.91. The summed E-state index contributed by atoms with van der Waals surface area (Å²) >= 11 is 7.83. The molecule has 7 heteroatoms. The van der Waals surface area contributed by atoms with Crippen molar-refractivity contribution >= 4 is 34.6 Å². The van der Waals surface area contributed by atoms with Crippen molar-refractivity contribution < 1.29 is 19.1 Å². The van der Waals surface area contributed by atoms with E-state index in [9.17, 15) is 9.59 Å². The van der Waals surface area contributed by atoms with E-state index in [4.69, 9.17) is 21.1 Å². The van der Waals surface area contributed by atoms with Gasteiger partial charge >= 0.3 is 0 Å². The normalized spacial score (nSPS) is 10.6. The molecule has 1 heterocycles. The summed E-state index contributed by atoms with van der Waals surface area (Å²) < 4.78 is 10.8. The van der Waals surface area contributed by atoms with Crippen molar-refractivity contribution in [2.75, 3.05) is 13.7 Å². The van der Waals surface area contributed by atoms with E-state index in [1.807, 2.05) is 26.8 Å². The molecule has 0 spiro atoms. The lowest BCUT2D eigenvalue weighted by Gasteiger charge is -2.13. The van der Waals surface area contributed by atoms with Crippen LogP contribution in [0.3, 0.4) is 0 Å². The van der Waals surface area contributed by atoms with Gasteiger partial charge in [0.05, 0.1) is 18.7 Å². The van der Waals surface area contributed by atoms with Crippen molar-refractivity contribution in [2.45, 2.75) is 40.2 Å². The van der Waals surface area contributed by atoms with Gasteiger partial charge in [-0.3, -0.25) is 9.59 Å². The third kappa shape index (κ3) is 5.71. The van der Waals surface area contributed by atoms with Crippen LogP contribution in [0.25, 0.3) is 0 Å². The number of methoxy groups -OCH3 is 1. The van der Waals surface area contributed by atoms with Crippen LogP contribution in [0.15, 0.2) is 18.2 Å². The number of aryl methyl sites for hydroxylation is 2. The minimum absolute atomic E-state index is 0.00205. The summed E-state index contributed by atoms with van der Waals surface area (Å²) in [6, 6.07) is 5.40. The smallest absolute Gasteiger partial charge is 0.220 e. The maximum Gasteiger partial charge on any atom is 0.220 e. The molecule has 0 fully saturated rings. The molecule has 1 aromatic heterocycles. The second kappa shape index (κ2) is 9.76. The van der Waals surface area contributed by atoms with Gasteiger partial charge in [-0.15, -0.1) is 11.3 Å². The molecule has 2 rings (SSSR count). The summed E-state index contributed by atoms with van der Waals surface area (Å²) in [6.45, 7) is 6.53. The highest BCUT2D eigenvalue weighted by atomic mass is 35.5. The largest absolute Gasteiger partial charge is 0.493 e. The Hall–Kier alpha value is -2.05. The number of thiophene rings is 1. The fraction of sp³-hybridized carbons (Fsp3) is 0.400. The van der Waals surface area contributed by atoms with Gasteiger partial charge in [0.2, 0.25) is 5.91 Å². The average molecular weight is 410 g/mol. The van der Waals surface area contributed by atoms with Crippen molar-refractivity contribution in [3.05, 3.63) is 44.1 Å². The molecule has 0 saturated carbocycles. The maximum atomic E-state index is 12.3. The van der Waals surface area contributed by atoms with Crippen LogP contribution in [0, 0.1) is 13.8 Å². The second-order valence-corrected chi connectivity index (χ2v) is 7.94. The number of nitrogens with one attached hydrogen (secondary N) is 1. The first-order valence-corrected chi connectivity index (χ1v) is 9.91. The summed E-state index contributed by atoms with van der Waals surface area (Å²) in [5, 5.41) is 3.24. The minimum Gasteiger partial charge on any atom is -0.493 e. The van der Waals surface area contributed by atoms with E-state index in [-0.39, 0.29) is 24.5 Å². The number of Topliss-reactive ketones (excluding diaryl/α,β-unsaturated/α-hetero) is 1. The standard InChI is InChI=1S/C20H24ClNO4S/c1-5-26-20-16(21)9-14(10-18(20)25-4)11-22-19(24)7-6-17(23)15-8-12(2)27-13(15)3/h8-10H,5-7,11H2,1-4H3,(H,22,24). The van der Waals surface area contributed by atoms with Crippen molar-refractivity contribution in [3.8, 4) is 11.5 Å². The van der Waals surface area contributed by atoms with Crippen molar-refractivity contribution in [1.29, 1.82) is 0 Å². The molecule has 1 aromatic carbocycles. The highest BCUT2D eigenvalue weighted by Gasteiger charge is 2.15. The fourth-order valence-corrected chi connectivity index (χ4v) is 3.95. The summed E-state index contributed by atoms with van der Waals surface area (Å²) in [7, 11) is 1.54. The van der Waals surface area contributed by atoms with Gasteiger partial charge in [0.1, 0.15) is 0 Å². The lowest BCUT2D eigenvalue weighted by molar-refractivity contribution is -0.121. The molecule has 146 valence electrons.